The maximum Gasteiger partial charge on any atom is 0.114 e. The van der Waals surface area contributed by atoms with Gasteiger partial charge in [-0.3, -0.25) is 4.98 Å². The molecule has 1 aromatic carbocycles. The number of aromatic nitrogens is 2. The molecule has 0 radical (unpaired) electrons. The van der Waals surface area contributed by atoms with E-state index in [1.807, 2.05) is 30.3 Å². The molecule has 3 N–H and O–H groups in total. The molecule has 0 spiro atoms. The number of hydrogen-bond donors (Lipinski definition) is 2. The van der Waals surface area contributed by atoms with Crippen LogP contribution in [-0.4, -0.2) is 27.4 Å². The molecule has 5 heteroatoms. The topological polar surface area (TPSA) is 72.0 Å². The van der Waals surface area contributed by atoms with Crippen molar-refractivity contribution in [2.24, 2.45) is 5.73 Å². The van der Waals surface area contributed by atoms with Crippen LogP contribution >= 0.6 is 11.8 Å². The molecule has 0 amide bonds. The number of rotatable bonds is 5. The number of thioether (sulfide) groups is 1. The predicted octanol–water partition coefficient (Wildman–Crippen LogP) is 1.42. The standard InChI is InChI=1S/C13H15N3OS/c14-9-13(17,11-4-2-1-3-5-11)10-18-12-8-15-6-7-16-12/h1-8,17H,9-10,14H2. The van der Waals surface area contributed by atoms with Gasteiger partial charge in [-0.2, -0.15) is 0 Å². The van der Waals surface area contributed by atoms with E-state index >= 15 is 0 Å². The maximum absolute atomic E-state index is 10.6. The zero-order valence-electron chi connectivity index (χ0n) is 9.86. The second-order valence-corrected chi connectivity index (χ2v) is 4.93. The Labute approximate surface area is 110 Å². The molecule has 94 valence electrons. The average Bonchev–Trinajstić information content (AvgIpc) is 2.47. The average molecular weight is 261 g/mol. The van der Waals surface area contributed by atoms with Gasteiger partial charge in [-0.25, -0.2) is 4.98 Å². The zero-order chi connectivity index (χ0) is 12.8. The quantitative estimate of drug-likeness (QED) is 0.796. The SMILES string of the molecule is NCC(O)(CSc1cnccn1)c1ccccc1. The molecule has 0 aliphatic rings. The number of benzene rings is 1. The lowest BCUT2D eigenvalue weighted by Gasteiger charge is -2.26. The van der Waals surface area contributed by atoms with Gasteiger partial charge in [0.1, 0.15) is 10.6 Å². The van der Waals surface area contributed by atoms with Crippen LogP contribution in [0, 0.1) is 0 Å². The molecule has 0 bridgehead atoms. The van der Waals surface area contributed by atoms with Gasteiger partial charge in [0.25, 0.3) is 0 Å². The van der Waals surface area contributed by atoms with Crippen molar-refractivity contribution in [3.05, 3.63) is 54.5 Å². The van der Waals surface area contributed by atoms with Crippen LogP contribution in [0.25, 0.3) is 0 Å². The molecule has 1 unspecified atom stereocenters. The molecule has 2 rings (SSSR count). The lowest BCUT2D eigenvalue weighted by molar-refractivity contribution is 0.0721. The fourth-order valence-electron chi connectivity index (χ4n) is 1.56. The summed E-state index contributed by atoms with van der Waals surface area (Å²) in [4.78, 5) is 8.15. The first-order valence-corrected chi connectivity index (χ1v) is 6.60. The van der Waals surface area contributed by atoms with Gasteiger partial charge in [-0.15, -0.1) is 11.8 Å². The van der Waals surface area contributed by atoms with Gasteiger partial charge < -0.3 is 10.8 Å². The predicted molar refractivity (Wildman–Crippen MR) is 72.1 cm³/mol. The Bertz CT molecular complexity index is 480. The van der Waals surface area contributed by atoms with Gasteiger partial charge in [-0.05, 0) is 5.56 Å². The van der Waals surface area contributed by atoms with Crippen LogP contribution in [0.4, 0.5) is 0 Å². The highest BCUT2D eigenvalue weighted by Crippen LogP contribution is 2.27. The van der Waals surface area contributed by atoms with Crippen molar-refractivity contribution < 1.29 is 5.11 Å². The first-order chi connectivity index (χ1) is 8.74. The Morgan fingerprint density at radius 1 is 1.22 bits per heavy atom. The Morgan fingerprint density at radius 3 is 2.61 bits per heavy atom. The molecule has 1 heterocycles. The summed E-state index contributed by atoms with van der Waals surface area (Å²) in [7, 11) is 0. The summed E-state index contributed by atoms with van der Waals surface area (Å²) in [6, 6.07) is 9.45. The van der Waals surface area contributed by atoms with E-state index in [0.29, 0.717) is 5.75 Å². The third-order valence-corrected chi connectivity index (χ3v) is 3.78. The largest absolute Gasteiger partial charge is 0.383 e. The second-order valence-electron chi connectivity index (χ2n) is 3.93. The van der Waals surface area contributed by atoms with Crippen molar-refractivity contribution in [1.82, 2.24) is 9.97 Å². The van der Waals surface area contributed by atoms with E-state index in [9.17, 15) is 5.11 Å². The van der Waals surface area contributed by atoms with Crippen LogP contribution in [0.15, 0.2) is 53.9 Å². The van der Waals surface area contributed by atoms with Crippen LogP contribution < -0.4 is 5.73 Å². The molecule has 18 heavy (non-hydrogen) atoms. The lowest BCUT2D eigenvalue weighted by atomic mass is 9.96. The highest BCUT2D eigenvalue weighted by Gasteiger charge is 2.27. The zero-order valence-corrected chi connectivity index (χ0v) is 10.7. The third-order valence-electron chi connectivity index (χ3n) is 2.65. The van der Waals surface area contributed by atoms with Crippen molar-refractivity contribution in [1.29, 1.82) is 0 Å². The van der Waals surface area contributed by atoms with E-state index in [4.69, 9.17) is 5.73 Å². The molecular weight excluding hydrogens is 246 g/mol. The van der Waals surface area contributed by atoms with Crippen molar-refractivity contribution in [3.63, 3.8) is 0 Å². The van der Waals surface area contributed by atoms with Crippen LogP contribution in [0.5, 0.6) is 0 Å². The van der Waals surface area contributed by atoms with Crippen LogP contribution in [0.2, 0.25) is 0 Å². The first-order valence-electron chi connectivity index (χ1n) is 5.61. The molecule has 0 fully saturated rings. The summed E-state index contributed by atoms with van der Waals surface area (Å²) in [6.07, 6.45) is 4.93. The fourth-order valence-corrected chi connectivity index (χ4v) is 2.50. The Balaban J connectivity index is 2.10. The molecule has 0 aliphatic heterocycles. The minimum Gasteiger partial charge on any atom is -0.383 e. The van der Waals surface area contributed by atoms with Gasteiger partial charge in [0.15, 0.2) is 0 Å². The fraction of sp³-hybridized carbons (Fsp3) is 0.231. The number of nitrogens with zero attached hydrogens (tertiary/aromatic N) is 2. The smallest absolute Gasteiger partial charge is 0.114 e. The maximum atomic E-state index is 10.6. The van der Waals surface area contributed by atoms with Gasteiger partial charge in [-0.1, -0.05) is 30.3 Å². The van der Waals surface area contributed by atoms with E-state index in [-0.39, 0.29) is 6.54 Å². The van der Waals surface area contributed by atoms with Crippen LogP contribution in [0.3, 0.4) is 0 Å². The summed E-state index contributed by atoms with van der Waals surface area (Å²) in [5.41, 5.74) is 5.49. The first kappa shape index (κ1) is 13.0. The minimum absolute atomic E-state index is 0.171. The van der Waals surface area contributed by atoms with Gasteiger partial charge in [0.05, 0.1) is 6.20 Å². The number of aliphatic hydroxyl groups is 1. The molecule has 2 aromatic rings. The highest BCUT2D eigenvalue weighted by atomic mass is 32.2. The summed E-state index contributed by atoms with van der Waals surface area (Å²) >= 11 is 1.44. The Kier molecular flexibility index (Phi) is 4.30. The van der Waals surface area contributed by atoms with Crippen molar-refractivity contribution in [2.45, 2.75) is 10.6 Å². The van der Waals surface area contributed by atoms with E-state index in [0.717, 1.165) is 10.6 Å². The molecule has 4 nitrogen and oxygen atoms in total. The molecule has 1 aromatic heterocycles. The Morgan fingerprint density at radius 2 is 2.00 bits per heavy atom. The summed E-state index contributed by atoms with van der Waals surface area (Å²) in [5.74, 6) is 0.451. The number of hydrogen-bond acceptors (Lipinski definition) is 5. The minimum atomic E-state index is -1.04. The van der Waals surface area contributed by atoms with E-state index < -0.39 is 5.60 Å². The molecule has 0 aliphatic carbocycles. The van der Waals surface area contributed by atoms with Gasteiger partial charge >= 0.3 is 0 Å². The van der Waals surface area contributed by atoms with Crippen molar-refractivity contribution in [2.75, 3.05) is 12.3 Å². The third kappa shape index (κ3) is 3.07. The molecule has 0 saturated heterocycles. The van der Waals surface area contributed by atoms with E-state index in [2.05, 4.69) is 9.97 Å². The normalized spacial score (nSPS) is 14.1. The van der Waals surface area contributed by atoms with Gasteiger partial charge in [0.2, 0.25) is 0 Å². The molecule has 1 atom stereocenters. The number of nitrogens with two attached hydrogens (primary N) is 1. The molecule has 0 saturated carbocycles. The highest BCUT2D eigenvalue weighted by molar-refractivity contribution is 7.99. The Hall–Kier alpha value is -1.43. The van der Waals surface area contributed by atoms with Crippen molar-refractivity contribution in [3.8, 4) is 0 Å². The second kappa shape index (κ2) is 5.95. The summed E-state index contributed by atoms with van der Waals surface area (Å²) < 4.78 is 0. The van der Waals surface area contributed by atoms with E-state index in [1.165, 1.54) is 11.8 Å². The van der Waals surface area contributed by atoms with Crippen LogP contribution in [0.1, 0.15) is 5.56 Å². The van der Waals surface area contributed by atoms with Crippen LogP contribution in [-0.2, 0) is 5.60 Å². The summed E-state index contributed by atoms with van der Waals surface area (Å²) in [5, 5.41) is 11.3. The van der Waals surface area contributed by atoms with Crippen molar-refractivity contribution >= 4 is 11.8 Å². The lowest BCUT2D eigenvalue weighted by Crippen LogP contribution is -2.37. The monoisotopic (exact) mass is 261 g/mol. The van der Waals surface area contributed by atoms with Gasteiger partial charge in [0, 0.05) is 24.7 Å². The summed E-state index contributed by atoms with van der Waals surface area (Å²) in [6.45, 7) is 0.171. The van der Waals surface area contributed by atoms with E-state index in [1.54, 1.807) is 18.6 Å². The molecular formula is C13H15N3OS.